The summed E-state index contributed by atoms with van der Waals surface area (Å²) in [5.74, 6) is -1.40. The van der Waals surface area contributed by atoms with Gasteiger partial charge in [0, 0.05) is 32.7 Å². The molecule has 17 heavy (non-hydrogen) atoms. The number of carbonyl (C=O) groups excluding carboxylic acids is 1. The van der Waals surface area contributed by atoms with Crippen LogP contribution in [0.1, 0.15) is 26.2 Å². The summed E-state index contributed by atoms with van der Waals surface area (Å²) in [7, 11) is 0. The first-order chi connectivity index (χ1) is 8.10. The van der Waals surface area contributed by atoms with E-state index in [1.54, 1.807) is 0 Å². The second-order valence-corrected chi connectivity index (χ2v) is 4.10. The van der Waals surface area contributed by atoms with Crippen molar-refractivity contribution in [1.82, 2.24) is 5.32 Å². The van der Waals surface area contributed by atoms with Crippen LogP contribution in [0.2, 0.25) is 0 Å². The monoisotopic (exact) mass is 245 g/mol. The van der Waals surface area contributed by atoms with Crippen molar-refractivity contribution in [3.63, 3.8) is 0 Å². The Hall–Kier alpha value is -1.14. The van der Waals surface area contributed by atoms with E-state index in [0.29, 0.717) is 32.7 Å². The Kier molecular flexibility index (Phi) is 5.37. The largest absolute Gasteiger partial charge is 0.480 e. The molecule has 0 aromatic heterocycles. The first-order valence-electron chi connectivity index (χ1n) is 5.80. The minimum absolute atomic E-state index is 0.0935. The molecule has 0 aromatic carbocycles. The maximum Gasteiger partial charge on any atom is 0.329 e. The van der Waals surface area contributed by atoms with E-state index in [1.807, 2.05) is 6.92 Å². The summed E-state index contributed by atoms with van der Waals surface area (Å²) >= 11 is 0. The summed E-state index contributed by atoms with van der Waals surface area (Å²) in [6.07, 6.45) is 1.41. The Morgan fingerprint density at radius 3 is 2.59 bits per heavy atom. The van der Waals surface area contributed by atoms with Gasteiger partial charge in [-0.05, 0) is 6.42 Å². The first-order valence-corrected chi connectivity index (χ1v) is 5.80. The molecule has 2 N–H and O–H groups in total. The Labute approximate surface area is 100 Å². The van der Waals surface area contributed by atoms with E-state index in [2.05, 4.69) is 5.32 Å². The number of rotatable bonds is 6. The minimum Gasteiger partial charge on any atom is -0.480 e. The number of hydrogen-bond acceptors (Lipinski definition) is 4. The maximum atomic E-state index is 11.6. The van der Waals surface area contributed by atoms with Gasteiger partial charge in [0.05, 0.1) is 0 Å². The fraction of sp³-hybridized carbons (Fsp3) is 0.818. The molecule has 1 aliphatic heterocycles. The highest BCUT2D eigenvalue weighted by atomic mass is 16.5. The highest BCUT2D eigenvalue weighted by Gasteiger charge is 2.41. The fourth-order valence-electron chi connectivity index (χ4n) is 1.72. The number of carboxylic acid groups (broad SMARTS) is 1. The third kappa shape index (κ3) is 3.98. The molecule has 1 fully saturated rings. The predicted molar refractivity (Wildman–Crippen MR) is 59.7 cm³/mol. The number of carbonyl (C=O) groups is 2. The highest BCUT2D eigenvalue weighted by molar-refractivity contribution is 5.87. The van der Waals surface area contributed by atoms with Gasteiger partial charge in [0.1, 0.15) is 12.1 Å². The molecule has 6 heteroatoms. The fourth-order valence-corrected chi connectivity index (χ4v) is 1.72. The van der Waals surface area contributed by atoms with Crippen molar-refractivity contribution < 1.29 is 24.2 Å². The molecule has 0 saturated carbocycles. The van der Waals surface area contributed by atoms with E-state index in [1.165, 1.54) is 0 Å². The van der Waals surface area contributed by atoms with Crippen LogP contribution < -0.4 is 5.32 Å². The van der Waals surface area contributed by atoms with Crippen LogP contribution in [0.4, 0.5) is 0 Å². The standard InChI is InChI=1S/C11H19NO5/c1-2-5-17-8-9(13)12-11(10(14)15)3-6-16-7-4-11/h2-8H2,1H3,(H,12,13)(H,14,15). The van der Waals surface area contributed by atoms with Crippen molar-refractivity contribution >= 4 is 11.9 Å². The zero-order valence-corrected chi connectivity index (χ0v) is 10.0. The molecule has 0 atom stereocenters. The Balaban J connectivity index is 2.48. The van der Waals surface area contributed by atoms with Gasteiger partial charge >= 0.3 is 5.97 Å². The van der Waals surface area contributed by atoms with Crippen LogP contribution in [0.25, 0.3) is 0 Å². The van der Waals surface area contributed by atoms with Gasteiger partial charge in [0.2, 0.25) is 5.91 Å². The SMILES string of the molecule is CCCOCC(=O)NC1(C(=O)O)CCOCC1. The summed E-state index contributed by atoms with van der Waals surface area (Å²) in [5.41, 5.74) is -1.19. The summed E-state index contributed by atoms with van der Waals surface area (Å²) in [6.45, 7) is 3.04. The lowest BCUT2D eigenvalue weighted by atomic mass is 9.90. The number of nitrogens with one attached hydrogen (secondary N) is 1. The van der Waals surface area contributed by atoms with Crippen molar-refractivity contribution in [2.45, 2.75) is 31.7 Å². The van der Waals surface area contributed by atoms with Crippen molar-refractivity contribution in [3.05, 3.63) is 0 Å². The lowest BCUT2D eigenvalue weighted by molar-refractivity contribution is -0.152. The molecule has 1 saturated heterocycles. The summed E-state index contributed by atoms with van der Waals surface area (Å²) < 4.78 is 10.2. The molecular formula is C11H19NO5. The smallest absolute Gasteiger partial charge is 0.329 e. The number of carboxylic acids is 1. The number of hydrogen-bond donors (Lipinski definition) is 2. The van der Waals surface area contributed by atoms with Crippen LogP contribution in [-0.2, 0) is 19.1 Å². The van der Waals surface area contributed by atoms with E-state index in [9.17, 15) is 14.7 Å². The molecule has 0 spiro atoms. The van der Waals surface area contributed by atoms with Crippen molar-refractivity contribution in [3.8, 4) is 0 Å². The molecule has 1 amide bonds. The van der Waals surface area contributed by atoms with Crippen molar-refractivity contribution in [2.24, 2.45) is 0 Å². The maximum absolute atomic E-state index is 11.6. The second kappa shape index (κ2) is 6.56. The van der Waals surface area contributed by atoms with Gasteiger partial charge in [0.15, 0.2) is 0 Å². The molecule has 0 bridgehead atoms. The van der Waals surface area contributed by atoms with Gasteiger partial charge in [-0.15, -0.1) is 0 Å². The summed E-state index contributed by atoms with van der Waals surface area (Å²) in [4.78, 5) is 22.8. The topological polar surface area (TPSA) is 84.9 Å². The molecule has 6 nitrogen and oxygen atoms in total. The molecule has 1 heterocycles. The van der Waals surface area contributed by atoms with Gasteiger partial charge in [-0.3, -0.25) is 4.79 Å². The predicted octanol–water partition coefficient (Wildman–Crippen LogP) is 0.163. The molecule has 0 unspecified atom stereocenters. The van der Waals surface area contributed by atoms with Crippen LogP contribution in [0.15, 0.2) is 0 Å². The van der Waals surface area contributed by atoms with E-state index in [0.717, 1.165) is 6.42 Å². The van der Waals surface area contributed by atoms with E-state index >= 15 is 0 Å². The molecule has 0 radical (unpaired) electrons. The van der Waals surface area contributed by atoms with Crippen LogP contribution in [-0.4, -0.2) is 48.9 Å². The normalized spacial score (nSPS) is 18.6. The van der Waals surface area contributed by atoms with E-state index in [-0.39, 0.29) is 12.5 Å². The first kappa shape index (κ1) is 13.9. The highest BCUT2D eigenvalue weighted by Crippen LogP contribution is 2.20. The van der Waals surface area contributed by atoms with Gasteiger partial charge in [-0.1, -0.05) is 6.92 Å². The van der Waals surface area contributed by atoms with Crippen LogP contribution in [0, 0.1) is 0 Å². The lowest BCUT2D eigenvalue weighted by Crippen LogP contribution is -2.58. The minimum atomic E-state index is -1.19. The number of aliphatic carboxylic acids is 1. The molecule has 98 valence electrons. The average molecular weight is 245 g/mol. The van der Waals surface area contributed by atoms with Crippen LogP contribution >= 0.6 is 0 Å². The van der Waals surface area contributed by atoms with Gasteiger partial charge < -0.3 is 19.9 Å². The van der Waals surface area contributed by atoms with E-state index < -0.39 is 11.5 Å². The van der Waals surface area contributed by atoms with Crippen LogP contribution in [0.3, 0.4) is 0 Å². The molecule has 1 aliphatic rings. The molecule has 0 aromatic rings. The number of ether oxygens (including phenoxy) is 2. The lowest BCUT2D eigenvalue weighted by Gasteiger charge is -2.33. The third-order valence-electron chi connectivity index (χ3n) is 2.72. The second-order valence-electron chi connectivity index (χ2n) is 4.10. The Morgan fingerprint density at radius 2 is 2.06 bits per heavy atom. The van der Waals surface area contributed by atoms with Gasteiger partial charge in [0.25, 0.3) is 0 Å². The van der Waals surface area contributed by atoms with E-state index in [4.69, 9.17) is 9.47 Å². The quantitative estimate of drug-likeness (QED) is 0.651. The average Bonchev–Trinajstić information content (AvgIpc) is 2.30. The van der Waals surface area contributed by atoms with Gasteiger partial charge in [-0.2, -0.15) is 0 Å². The summed E-state index contributed by atoms with van der Waals surface area (Å²) in [5, 5.41) is 11.7. The van der Waals surface area contributed by atoms with Crippen molar-refractivity contribution in [2.75, 3.05) is 26.4 Å². The Morgan fingerprint density at radius 1 is 1.41 bits per heavy atom. The third-order valence-corrected chi connectivity index (χ3v) is 2.72. The van der Waals surface area contributed by atoms with Crippen LogP contribution in [0.5, 0.6) is 0 Å². The molecular weight excluding hydrogens is 226 g/mol. The summed E-state index contributed by atoms with van der Waals surface area (Å²) in [6, 6.07) is 0. The Bertz CT molecular complexity index is 273. The zero-order valence-electron chi connectivity index (χ0n) is 10.0. The van der Waals surface area contributed by atoms with Gasteiger partial charge in [-0.25, -0.2) is 4.79 Å². The molecule has 0 aliphatic carbocycles. The van der Waals surface area contributed by atoms with Crippen molar-refractivity contribution in [1.29, 1.82) is 0 Å². The molecule has 1 rings (SSSR count). The zero-order chi connectivity index (χ0) is 12.7. The number of amides is 1.